The zero-order chi connectivity index (χ0) is 19.4. The highest BCUT2D eigenvalue weighted by molar-refractivity contribution is 6.11. The van der Waals surface area contributed by atoms with Crippen molar-refractivity contribution in [1.29, 1.82) is 0 Å². The fourth-order valence-electron chi connectivity index (χ4n) is 2.89. The lowest BCUT2D eigenvalue weighted by molar-refractivity contribution is 0.104. The van der Waals surface area contributed by atoms with Gasteiger partial charge in [-0.3, -0.25) is 4.79 Å². The molecule has 0 saturated carbocycles. The Morgan fingerprint density at radius 3 is 2.26 bits per heavy atom. The first kappa shape index (κ1) is 18.3. The molecule has 138 valence electrons. The molecular weight excluding hydrogens is 344 g/mol. The molecule has 5 nitrogen and oxygen atoms in total. The number of hydrogen-bond acceptors (Lipinski definition) is 5. The van der Waals surface area contributed by atoms with Gasteiger partial charge in [-0.1, -0.05) is 30.3 Å². The van der Waals surface area contributed by atoms with Gasteiger partial charge in [-0.15, -0.1) is 0 Å². The molecule has 5 heteroatoms. The highest BCUT2D eigenvalue weighted by atomic mass is 16.5. The first-order valence-corrected chi connectivity index (χ1v) is 8.32. The van der Waals surface area contributed by atoms with Gasteiger partial charge in [0.25, 0.3) is 0 Å². The molecule has 0 heterocycles. The minimum atomic E-state index is -0.310. The number of fused-ring (bicyclic) bond motifs is 1. The van der Waals surface area contributed by atoms with Crippen LogP contribution >= 0.6 is 0 Å². The monoisotopic (exact) mass is 364 g/mol. The van der Waals surface area contributed by atoms with Crippen LogP contribution in [0.25, 0.3) is 16.8 Å². The second kappa shape index (κ2) is 7.83. The number of methoxy groups -OCH3 is 3. The molecule has 27 heavy (non-hydrogen) atoms. The van der Waals surface area contributed by atoms with Crippen LogP contribution in [0, 0.1) is 0 Å². The standard InChI is InChI=1S/C22H20O5/c1-25-19-13-21(27-3)20(26-2)12-15(19)9-11-18(23)17-10-8-14-6-4-5-7-16(14)22(17)24/h4-13,24H,1-3H3/b11-9+. The summed E-state index contributed by atoms with van der Waals surface area (Å²) in [5.41, 5.74) is 0.896. The molecule has 0 bridgehead atoms. The number of benzene rings is 3. The van der Waals surface area contributed by atoms with Crippen LogP contribution < -0.4 is 14.2 Å². The van der Waals surface area contributed by atoms with E-state index >= 15 is 0 Å². The predicted octanol–water partition coefficient (Wildman–Crippen LogP) is 4.47. The summed E-state index contributed by atoms with van der Waals surface area (Å²) >= 11 is 0. The molecular formula is C22H20O5. The van der Waals surface area contributed by atoms with E-state index in [4.69, 9.17) is 14.2 Å². The van der Waals surface area contributed by atoms with Gasteiger partial charge in [0.05, 0.1) is 26.9 Å². The lowest BCUT2D eigenvalue weighted by Gasteiger charge is -2.12. The van der Waals surface area contributed by atoms with Crippen molar-refractivity contribution >= 4 is 22.6 Å². The molecule has 0 fully saturated rings. The molecule has 0 atom stereocenters. The van der Waals surface area contributed by atoms with Gasteiger partial charge in [0, 0.05) is 17.0 Å². The minimum Gasteiger partial charge on any atom is -0.507 e. The van der Waals surface area contributed by atoms with Crippen LogP contribution in [0.4, 0.5) is 0 Å². The highest BCUT2D eigenvalue weighted by Gasteiger charge is 2.13. The topological polar surface area (TPSA) is 65.0 Å². The van der Waals surface area contributed by atoms with Crippen molar-refractivity contribution in [2.24, 2.45) is 0 Å². The molecule has 3 aromatic rings. The van der Waals surface area contributed by atoms with E-state index in [1.54, 1.807) is 37.5 Å². The number of carbonyl (C=O) groups excluding carboxylic acids is 1. The Morgan fingerprint density at radius 1 is 0.889 bits per heavy atom. The van der Waals surface area contributed by atoms with Gasteiger partial charge in [-0.2, -0.15) is 0 Å². The summed E-state index contributed by atoms with van der Waals surface area (Å²) in [6.45, 7) is 0. The van der Waals surface area contributed by atoms with E-state index in [0.29, 0.717) is 28.2 Å². The Balaban J connectivity index is 1.97. The second-order valence-corrected chi connectivity index (χ2v) is 5.83. The van der Waals surface area contributed by atoms with Crippen LogP contribution in [0.15, 0.2) is 54.6 Å². The van der Waals surface area contributed by atoms with Crippen molar-refractivity contribution in [2.75, 3.05) is 21.3 Å². The first-order valence-electron chi connectivity index (χ1n) is 8.32. The van der Waals surface area contributed by atoms with Crippen molar-refractivity contribution in [2.45, 2.75) is 0 Å². The van der Waals surface area contributed by atoms with Gasteiger partial charge in [-0.25, -0.2) is 0 Å². The number of rotatable bonds is 6. The lowest BCUT2D eigenvalue weighted by atomic mass is 10.0. The minimum absolute atomic E-state index is 0.0259. The fraction of sp³-hybridized carbons (Fsp3) is 0.136. The van der Waals surface area contributed by atoms with Crippen LogP contribution in [-0.2, 0) is 0 Å². The average Bonchev–Trinajstić information content (AvgIpc) is 2.71. The van der Waals surface area contributed by atoms with Crippen LogP contribution in [0.2, 0.25) is 0 Å². The zero-order valence-corrected chi connectivity index (χ0v) is 15.4. The quantitative estimate of drug-likeness (QED) is 0.516. The molecule has 0 saturated heterocycles. The molecule has 0 aliphatic heterocycles. The Hall–Kier alpha value is -3.47. The number of hydrogen-bond donors (Lipinski definition) is 1. The van der Waals surface area contributed by atoms with Gasteiger partial charge in [0.1, 0.15) is 11.5 Å². The molecule has 0 aliphatic rings. The lowest BCUT2D eigenvalue weighted by Crippen LogP contribution is -1.97. The van der Waals surface area contributed by atoms with Gasteiger partial charge in [-0.05, 0) is 29.7 Å². The van der Waals surface area contributed by atoms with Crippen molar-refractivity contribution in [3.8, 4) is 23.0 Å². The van der Waals surface area contributed by atoms with Crippen molar-refractivity contribution in [3.63, 3.8) is 0 Å². The number of aromatic hydroxyl groups is 1. The molecule has 1 N–H and O–H groups in total. The van der Waals surface area contributed by atoms with E-state index in [0.717, 1.165) is 5.39 Å². The SMILES string of the molecule is COc1cc(OC)c(OC)cc1/C=C/C(=O)c1ccc2ccccc2c1O. The van der Waals surface area contributed by atoms with E-state index < -0.39 is 0 Å². The number of phenols is 1. The largest absolute Gasteiger partial charge is 0.507 e. The summed E-state index contributed by atoms with van der Waals surface area (Å²) in [4.78, 5) is 12.6. The molecule has 0 amide bonds. The number of phenolic OH excluding ortho intramolecular Hbond substituents is 1. The Morgan fingerprint density at radius 2 is 1.56 bits per heavy atom. The summed E-state index contributed by atoms with van der Waals surface area (Å²) in [6.07, 6.45) is 3.02. The van der Waals surface area contributed by atoms with Crippen LogP contribution in [0.3, 0.4) is 0 Å². The van der Waals surface area contributed by atoms with Gasteiger partial charge < -0.3 is 19.3 Å². The maximum Gasteiger partial charge on any atom is 0.189 e. The van der Waals surface area contributed by atoms with Crippen molar-refractivity contribution < 1.29 is 24.1 Å². The summed E-state index contributed by atoms with van der Waals surface area (Å²) in [6, 6.07) is 14.2. The maximum atomic E-state index is 12.6. The Labute approximate surface area is 157 Å². The second-order valence-electron chi connectivity index (χ2n) is 5.83. The van der Waals surface area contributed by atoms with Crippen molar-refractivity contribution in [1.82, 2.24) is 0 Å². The van der Waals surface area contributed by atoms with Crippen molar-refractivity contribution in [3.05, 3.63) is 65.7 Å². The van der Waals surface area contributed by atoms with Gasteiger partial charge in [0.2, 0.25) is 0 Å². The summed E-state index contributed by atoms with van der Waals surface area (Å²) in [7, 11) is 4.62. The fourth-order valence-corrected chi connectivity index (χ4v) is 2.89. The van der Waals surface area contributed by atoms with Crippen LogP contribution in [0.5, 0.6) is 23.0 Å². The number of ether oxygens (including phenoxy) is 3. The number of ketones is 1. The molecule has 0 aromatic heterocycles. The molecule has 0 aliphatic carbocycles. The Bertz CT molecular complexity index is 1020. The van der Waals surface area contributed by atoms with Crippen LogP contribution in [0.1, 0.15) is 15.9 Å². The Kier molecular flexibility index (Phi) is 5.31. The number of carbonyl (C=O) groups is 1. The van der Waals surface area contributed by atoms with E-state index in [1.807, 2.05) is 24.3 Å². The zero-order valence-electron chi connectivity index (χ0n) is 15.4. The maximum absolute atomic E-state index is 12.6. The first-order chi connectivity index (χ1) is 13.1. The van der Waals surface area contributed by atoms with E-state index in [-0.39, 0.29) is 17.1 Å². The van der Waals surface area contributed by atoms with E-state index in [2.05, 4.69) is 0 Å². The molecule has 3 rings (SSSR count). The van der Waals surface area contributed by atoms with Crippen LogP contribution in [-0.4, -0.2) is 32.2 Å². The third-order valence-corrected chi connectivity index (χ3v) is 4.32. The molecule has 0 spiro atoms. The average molecular weight is 364 g/mol. The van der Waals surface area contributed by atoms with E-state index in [1.165, 1.54) is 20.3 Å². The smallest absolute Gasteiger partial charge is 0.189 e. The molecule has 3 aromatic carbocycles. The third kappa shape index (κ3) is 3.58. The summed E-state index contributed by atoms with van der Waals surface area (Å²) in [5, 5.41) is 12.0. The highest BCUT2D eigenvalue weighted by Crippen LogP contribution is 2.35. The number of allylic oxidation sites excluding steroid dienone is 1. The summed E-state index contributed by atoms with van der Waals surface area (Å²) < 4.78 is 15.9. The predicted molar refractivity (Wildman–Crippen MR) is 105 cm³/mol. The van der Waals surface area contributed by atoms with E-state index in [9.17, 15) is 9.90 Å². The third-order valence-electron chi connectivity index (χ3n) is 4.32. The van der Waals surface area contributed by atoms with Gasteiger partial charge in [0.15, 0.2) is 17.3 Å². The normalized spacial score (nSPS) is 10.9. The molecule has 0 radical (unpaired) electrons. The summed E-state index contributed by atoms with van der Waals surface area (Å²) in [5.74, 6) is 1.26. The molecule has 0 unspecified atom stereocenters. The van der Waals surface area contributed by atoms with Gasteiger partial charge >= 0.3 is 0 Å².